The van der Waals surface area contributed by atoms with Gasteiger partial charge < -0.3 is 10.5 Å². The molecule has 0 atom stereocenters. The smallest absolute Gasteiger partial charge is 0.240 e. The Morgan fingerprint density at radius 1 is 1.11 bits per heavy atom. The van der Waals surface area contributed by atoms with Crippen LogP contribution in [-0.4, -0.2) is 8.42 Å². The third kappa shape index (κ3) is 3.17. The molecule has 0 aromatic heterocycles. The lowest BCUT2D eigenvalue weighted by Gasteiger charge is -2.09. The van der Waals surface area contributed by atoms with E-state index >= 15 is 0 Å². The van der Waals surface area contributed by atoms with Crippen LogP contribution in [0.25, 0.3) is 0 Å². The molecule has 4 N–H and O–H groups in total. The van der Waals surface area contributed by atoms with E-state index in [-0.39, 0.29) is 10.6 Å². The van der Waals surface area contributed by atoms with Crippen LogP contribution in [0.5, 0.6) is 11.5 Å². The largest absolute Gasteiger partial charge is 0.456 e. The number of primary sulfonamides is 1. The van der Waals surface area contributed by atoms with E-state index in [4.69, 9.17) is 27.2 Å². The molecular weight excluding hydrogens is 288 g/mol. The van der Waals surface area contributed by atoms with Gasteiger partial charge in [0.2, 0.25) is 10.0 Å². The Hall–Kier alpha value is -1.76. The quantitative estimate of drug-likeness (QED) is 0.850. The van der Waals surface area contributed by atoms with Crippen molar-refractivity contribution in [3.8, 4) is 11.5 Å². The highest BCUT2D eigenvalue weighted by Crippen LogP contribution is 2.31. The maximum atomic E-state index is 11.2. The molecule has 0 heterocycles. The Morgan fingerprint density at radius 3 is 2.37 bits per heavy atom. The number of anilines is 1. The number of nitrogen functional groups attached to an aromatic ring is 1. The summed E-state index contributed by atoms with van der Waals surface area (Å²) in [4.78, 5) is -0.140. The molecular formula is C12H11ClN2O3S. The highest BCUT2D eigenvalue weighted by atomic mass is 35.5. The van der Waals surface area contributed by atoms with Gasteiger partial charge in [-0.15, -0.1) is 0 Å². The number of halogens is 1. The van der Waals surface area contributed by atoms with Crippen molar-refractivity contribution in [2.45, 2.75) is 4.90 Å². The summed E-state index contributed by atoms with van der Waals surface area (Å²) >= 11 is 5.95. The minimum atomic E-state index is -3.84. The van der Waals surface area contributed by atoms with E-state index < -0.39 is 10.0 Å². The second kappa shape index (κ2) is 5.08. The van der Waals surface area contributed by atoms with Crippen LogP contribution < -0.4 is 15.6 Å². The van der Waals surface area contributed by atoms with E-state index in [0.717, 1.165) is 0 Å². The zero-order chi connectivity index (χ0) is 14.0. The molecule has 2 rings (SSSR count). The minimum absolute atomic E-state index is 0.0204. The Labute approximate surface area is 115 Å². The van der Waals surface area contributed by atoms with Crippen LogP contribution in [0.1, 0.15) is 0 Å². The Bertz CT molecular complexity index is 717. The number of hydrogen-bond acceptors (Lipinski definition) is 4. The first-order valence-electron chi connectivity index (χ1n) is 5.22. The predicted molar refractivity (Wildman–Crippen MR) is 73.8 cm³/mol. The van der Waals surface area contributed by atoms with E-state index in [9.17, 15) is 8.42 Å². The molecule has 0 aliphatic rings. The number of benzene rings is 2. The molecule has 0 aliphatic heterocycles. The van der Waals surface area contributed by atoms with Gasteiger partial charge in [-0.25, -0.2) is 13.6 Å². The van der Waals surface area contributed by atoms with Crippen molar-refractivity contribution in [3.05, 3.63) is 47.5 Å². The Morgan fingerprint density at radius 2 is 1.79 bits per heavy atom. The summed E-state index contributed by atoms with van der Waals surface area (Å²) in [6.07, 6.45) is 0. The first-order valence-corrected chi connectivity index (χ1v) is 7.15. The van der Waals surface area contributed by atoms with Crippen molar-refractivity contribution < 1.29 is 13.2 Å². The number of para-hydroxylation sites is 1. The lowest BCUT2D eigenvalue weighted by molar-refractivity contribution is 0.483. The number of hydrogen-bond donors (Lipinski definition) is 2. The Kier molecular flexibility index (Phi) is 3.66. The lowest BCUT2D eigenvalue weighted by atomic mass is 10.3. The van der Waals surface area contributed by atoms with Crippen molar-refractivity contribution in [2.75, 3.05) is 5.73 Å². The van der Waals surface area contributed by atoms with Gasteiger partial charge in [-0.05, 0) is 24.3 Å². The average molecular weight is 299 g/mol. The molecule has 0 bridgehead atoms. The predicted octanol–water partition coefficient (Wildman–Crippen LogP) is 2.36. The van der Waals surface area contributed by atoms with Gasteiger partial charge in [-0.1, -0.05) is 23.7 Å². The number of rotatable bonds is 3. The van der Waals surface area contributed by atoms with Crippen molar-refractivity contribution in [1.29, 1.82) is 0 Å². The molecule has 7 heteroatoms. The SMILES string of the molecule is Nc1cc(Oc2ccccc2Cl)ccc1S(N)(=O)=O. The zero-order valence-electron chi connectivity index (χ0n) is 9.71. The van der Waals surface area contributed by atoms with Crippen LogP contribution in [0.2, 0.25) is 5.02 Å². The highest BCUT2D eigenvalue weighted by Gasteiger charge is 2.13. The normalized spacial score (nSPS) is 11.3. The van der Waals surface area contributed by atoms with Crippen molar-refractivity contribution in [3.63, 3.8) is 0 Å². The van der Waals surface area contributed by atoms with Crippen molar-refractivity contribution in [1.82, 2.24) is 0 Å². The monoisotopic (exact) mass is 298 g/mol. The molecule has 19 heavy (non-hydrogen) atoms. The van der Waals surface area contributed by atoms with Crippen molar-refractivity contribution in [2.24, 2.45) is 5.14 Å². The molecule has 0 amide bonds. The van der Waals surface area contributed by atoms with E-state index in [1.807, 2.05) is 0 Å². The first-order chi connectivity index (χ1) is 8.88. The molecule has 0 unspecified atom stereocenters. The van der Waals surface area contributed by atoms with Crippen LogP contribution in [-0.2, 0) is 10.0 Å². The molecule has 0 radical (unpaired) electrons. The summed E-state index contributed by atoms with van der Waals surface area (Å²) in [6, 6.07) is 11.0. The summed E-state index contributed by atoms with van der Waals surface area (Å²) in [6.45, 7) is 0. The van der Waals surface area contributed by atoms with Gasteiger partial charge in [0.05, 0.1) is 10.7 Å². The molecule has 5 nitrogen and oxygen atoms in total. The van der Waals surface area contributed by atoms with Gasteiger partial charge in [0.25, 0.3) is 0 Å². The first kappa shape index (κ1) is 13.7. The lowest BCUT2D eigenvalue weighted by Crippen LogP contribution is -2.14. The second-order valence-electron chi connectivity index (χ2n) is 3.78. The van der Waals surface area contributed by atoms with E-state index in [1.54, 1.807) is 24.3 Å². The van der Waals surface area contributed by atoms with Gasteiger partial charge in [-0.2, -0.15) is 0 Å². The average Bonchev–Trinajstić information content (AvgIpc) is 2.30. The van der Waals surface area contributed by atoms with Crippen LogP contribution in [0, 0.1) is 0 Å². The topological polar surface area (TPSA) is 95.4 Å². The van der Waals surface area contributed by atoms with Crippen LogP contribution in [0.15, 0.2) is 47.4 Å². The fourth-order valence-corrected chi connectivity index (χ4v) is 2.32. The number of nitrogens with two attached hydrogens (primary N) is 2. The molecule has 2 aromatic carbocycles. The zero-order valence-corrected chi connectivity index (χ0v) is 11.3. The molecule has 0 aliphatic carbocycles. The second-order valence-corrected chi connectivity index (χ2v) is 5.71. The van der Waals surface area contributed by atoms with Gasteiger partial charge in [-0.3, -0.25) is 0 Å². The minimum Gasteiger partial charge on any atom is -0.456 e. The maximum Gasteiger partial charge on any atom is 0.240 e. The van der Waals surface area contributed by atoms with E-state index in [1.165, 1.54) is 18.2 Å². The maximum absolute atomic E-state index is 11.2. The summed E-state index contributed by atoms with van der Waals surface area (Å²) < 4.78 is 27.9. The fraction of sp³-hybridized carbons (Fsp3) is 0. The van der Waals surface area contributed by atoms with Gasteiger partial charge in [0.1, 0.15) is 16.4 Å². The van der Waals surface area contributed by atoms with E-state index in [0.29, 0.717) is 16.5 Å². The summed E-state index contributed by atoms with van der Waals surface area (Å²) in [5.41, 5.74) is 5.65. The van der Waals surface area contributed by atoms with Crippen LogP contribution in [0.4, 0.5) is 5.69 Å². The fourth-order valence-electron chi connectivity index (χ4n) is 1.50. The molecule has 0 spiro atoms. The summed E-state index contributed by atoms with van der Waals surface area (Å²) in [5.74, 6) is 0.824. The third-order valence-electron chi connectivity index (χ3n) is 2.35. The highest BCUT2D eigenvalue weighted by molar-refractivity contribution is 7.89. The standard InChI is InChI=1S/C12H11ClN2O3S/c13-9-3-1-2-4-11(9)18-8-5-6-12(10(14)7-8)19(15,16)17/h1-7H,14H2,(H2,15,16,17). The van der Waals surface area contributed by atoms with Gasteiger partial charge >= 0.3 is 0 Å². The van der Waals surface area contributed by atoms with Gasteiger partial charge in [0, 0.05) is 6.07 Å². The van der Waals surface area contributed by atoms with Crippen LogP contribution >= 0.6 is 11.6 Å². The van der Waals surface area contributed by atoms with Crippen LogP contribution in [0.3, 0.4) is 0 Å². The number of ether oxygens (including phenoxy) is 1. The van der Waals surface area contributed by atoms with E-state index in [2.05, 4.69) is 0 Å². The summed E-state index contributed by atoms with van der Waals surface area (Å²) in [7, 11) is -3.84. The Balaban J connectivity index is 2.34. The molecule has 0 fully saturated rings. The molecule has 2 aromatic rings. The number of sulfonamides is 1. The molecule has 100 valence electrons. The molecule has 0 saturated carbocycles. The third-order valence-corrected chi connectivity index (χ3v) is 3.65. The van der Waals surface area contributed by atoms with Gasteiger partial charge in [0.15, 0.2) is 0 Å². The van der Waals surface area contributed by atoms with Crippen molar-refractivity contribution >= 4 is 27.3 Å². The molecule has 0 saturated heterocycles. The summed E-state index contributed by atoms with van der Waals surface area (Å²) in [5, 5.41) is 5.46.